The summed E-state index contributed by atoms with van der Waals surface area (Å²) >= 11 is 0. The van der Waals surface area contributed by atoms with Gasteiger partial charge in [0.15, 0.2) is 0 Å². The van der Waals surface area contributed by atoms with E-state index in [0.29, 0.717) is 5.56 Å². The van der Waals surface area contributed by atoms with E-state index < -0.39 is 23.7 Å². The van der Waals surface area contributed by atoms with Gasteiger partial charge in [0.05, 0.1) is 17.3 Å². The molecule has 0 radical (unpaired) electrons. The smallest absolute Gasteiger partial charge is 0.354 e. The van der Waals surface area contributed by atoms with E-state index >= 15 is 0 Å². The van der Waals surface area contributed by atoms with Gasteiger partial charge in [0.2, 0.25) is 5.91 Å². The molecule has 1 unspecified atom stereocenters. The van der Waals surface area contributed by atoms with Crippen molar-refractivity contribution in [1.82, 2.24) is 9.88 Å². The zero-order chi connectivity index (χ0) is 28.0. The van der Waals surface area contributed by atoms with Crippen molar-refractivity contribution >= 4 is 28.4 Å². The van der Waals surface area contributed by atoms with E-state index in [9.17, 15) is 22.8 Å². The summed E-state index contributed by atoms with van der Waals surface area (Å²) < 4.78 is 39.6. The summed E-state index contributed by atoms with van der Waals surface area (Å²) in [5, 5.41) is 3.46. The number of aromatic amines is 1. The maximum Gasteiger partial charge on any atom is 0.416 e. The molecule has 200 valence electrons. The number of halogens is 3. The number of nitrogens with one attached hydrogen (secondary N) is 2. The van der Waals surface area contributed by atoms with Crippen LogP contribution in [0.25, 0.3) is 22.2 Å². The number of anilines is 1. The van der Waals surface area contributed by atoms with Gasteiger partial charge < -0.3 is 15.2 Å². The van der Waals surface area contributed by atoms with Crippen LogP contribution in [0.2, 0.25) is 0 Å². The average molecular weight is 540 g/mol. The monoisotopic (exact) mass is 539 g/mol. The van der Waals surface area contributed by atoms with Gasteiger partial charge in [-0.2, -0.15) is 13.2 Å². The molecule has 4 aromatic carbocycles. The van der Waals surface area contributed by atoms with Crippen LogP contribution in [-0.4, -0.2) is 28.2 Å². The number of benzene rings is 4. The fourth-order valence-corrected chi connectivity index (χ4v) is 5.37. The van der Waals surface area contributed by atoms with Crippen LogP contribution in [0.1, 0.15) is 38.7 Å². The number of carbonyl (C=O) groups is 2. The van der Waals surface area contributed by atoms with Crippen LogP contribution in [0.4, 0.5) is 18.9 Å². The van der Waals surface area contributed by atoms with Crippen molar-refractivity contribution in [1.29, 1.82) is 0 Å². The zero-order valence-corrected chi connectivity index (χ0v) is 21.4. The van der Waals surface area contributed by atoms with Crippen molar-refractivity contribution in [2.24, 2.45) is 0 Å². The van der Waals surface area contributed by atoms with Crippen molar-refractivity contribution < 1.29 is 22.8 Å². The predicted octanol–water partition coefficient (Wildman–Crippen LogP) is 7.35. The van der Waals surface area contributed by atoms with E-state index in [1.165, 1.54) is 17.0 Å². The molecular weight excluding hydrogens is 515 g/mol. The molecule has 0 spiro atoms. The third-order valence-electron chi connectivity index (χ3n) is 7.21. The molecule has 40 heavy (non-hydrogen) atoms. The van der Waals surface area contributed by atoms with E-state index in [1.807, 2.05) is 67.6 Å². The summed E-state index contributed by atoms with van der Waals surface area (Å²) in [5.41, 5.74) is 5.00. The van der Waals surface area contributed by atoms with Crippen LogP contribution in [0, 0.1) is 6.92 Å². The Bertz CT molecular complexity index is 1760. The number of alkyl halides is 3. The number of amides is 2. The van der Waals surface area contributed by atoms with Gasteiger partial charge in [-0.05, 0) is 48.4 Å². The van der Waals surface area contributed by atoms with Crippen LogP contribution in [-0.2, 0) is 11.0 Å². The molecule has 0 bridgehead atoms. The second-order valence-corrected chi connectivity index (χ2v) is 9.87. The number of hydrogen-bond donors (Lipinski definition) is 2. The summed E-state index contributed by atoms with van der Waals surface area (Å²) in [6.07, 6.45) is -4.54. The Kier molecular flexibility index (Phi) is 6.18. The number of fused-ring (bicyclic) bond motifs is 2. The second-order valence-electron chi connectivity index (χ2n) is 9.87. The minimum Gasteiger partial charge on any atom is -0.354 e. The first kappa shape index (κ1) is 25.4. The number of para-hydroxylation sites is 1. The Morgan fingerprint density at radius 1 is 0.925 bits per heavy atom. The number of H-pyrrole nitrogens is 1. The van der Waals surface area contributed by atoms with E-state index in [0.717, 1.165) is 51.0 Å². The van der Waals surface area contributed by atoms with E-state index in [-0.39, 0.29) is 18.1 Å². The second kappa shape index (κ2) is 9.72. The highest BCUT2D eigenvalue weighted by Gasteiger charge is 2.41. The van der Waals surface area contributed by atoms with E-state index in [2.05, 4.69) is 10.3 Å². The molecule has 5 aromatic rings. The van der Waals surface area contributed by atoms with Crippen LogP contribution >= 0.6 is 0 Å². The molecule has 1 atom stereocenters. The highest BCUT2D eigenvalue weighted by atomic mass is 19.4. The number of rotatable bonds is 5. The molecule has 8 heteroatoms. The molecular formula is C32H24F3N3O2. The number of hydrogen-bond acceptors (Lipinski definition) is 2. The summed E-state index contributed by atoms with van der Waals surface area (Å²) in [6.45, 7) is 1.66. The Hall–Kier alpha value is -4.85. The normalized spacial score (nSPS) is 14.9. The van der Waals surface area contributed by atoms with Crippen molar-refractivity contribution in [3.05, 3.63) is 125 Å². The number of aromatic nitrogens is 1. The Labute approximate surface area is 228 Å². The number of carbonyl (C=O) groups excluding carboxylic acids is 2. The molecule has 0 saturated carbocycles. The quantitative estimate of drug-likeness (QED) is 0.245. The Morgan fingerprint density at radius 2 is 1.65 bits per heavy atom. The Morgan fingerprint density at radius 3 is 2.42 bits per heavy atom. The van der Waals surface area contributed by atoms with Crippen LogP contribution < -0.4 is 5.32 Å². The largest absolute Gasteiger partial charge is 0.416 e. The fourth-order valence-electron chi connectivity index (χ4n) is 5.37. The first-order valence-electron chi connectivity index (χ1n) is 12.8. The first-order chi connectivity index (χ1) is 19.2. The lowest BCUT2D eigenvalue weighted by molar-refractivity contribution is -0.137. The highest BCUT2D eigenvalue weighted by Crippen LogP contribution is 2.45. The topological polar surface area (TPSA) is 65.2 Å². The maximum atomic E-state index is 13.7. The predicted molar refractivity (Wildman–Crippen MR) is 148 cm³/mol. The fraction of sp³-hybridized carbons (Fsp3) is 0.125. The summed E-state index contributed by atoms with van der Waals surface area (Å²) in [6, 6.07) is 26.9. The van der Waals surface area contributed by atoms with Crippen molar-refractivity contribution in [3.8, 4) is 11.3 Å². The van der Waals surface area contributed by atoms with Gasteiger partial charge in [-0.1, -0.05) is 72.3 Å². The third-order valence-corrected chi connectivity index (χ3v) is 7.21. The molecule has 1 aliphatic rings. The average Bonchev–Trinajstić information content (AvgIpc) is 3.44. The highest BCUT2D eigenvalue weighted by molar-refractivity contribution is 6.05. The molecule has 5 nitrogen and oxygen atoms in total. The maximum absolute atomic E-state index is 13.7. The van der Waals surface area contributed by atoms with Gasteiger partial charge in [-0.3, -0.25) is 9.59 Å². The molecule has 2 N–H and O–H groups in total. The third kappa shape index (κ3) is 4.51. The molecule has 0 aliphatic carbocycles. The van der Waals surface area contributed by atoms with Gasteiger partial charge in [-0.25, -0.2) is 0 Å². The van der Waals surface area contributed by atoms with Crippen molar-refractivity contribution in [3.63, 3.8) is 0 Å². The van der Waals surface area contributed by atoms with E-state index in [4.69, 9.17) is 0 Å². The van der Waals surface area contributed by atoms with Crippen LogP contribution in [0.3, 0.4) is 0 Å². The van der Waals surface area contributed by atoms with Crippen molar-refractivity contribution in [2.75, 3.05) is 11.9 Å². The van der Waals surface area contributed by atoms with Gasteiger partial charge in [0.25, 0.3) is 5.91 Å². The van der Waals surface area contributed by atoms with Gasteiger partial charge >= 0.3 is 6.18 Å². The lowest BCUT2D eigenvalue weighted by Gasteiger charge is -2.26. The Balaban J connectivity index is 1.43. The first-order valence-corrected chi connectivity index (χ1v) is 12.8. The molecule has 0 saturated heterocycles. The van der Waals surface area contributed by atoms with Crippen molar-refractivity contribution in [2.45, 2.75) is 19.1 Å². The minimum absolute atomic E-state index is 0.00738. The van der Waals surface area contributed by atoms with Crippen LogP contribution in [0.5, 0.6) is 0 Å². The summed E-state index contributed by atoms with van der Waals surface area (Å²) in [4.78, 5) is 31.9. The zero-order valence-electron chi connectivity index (χ0n) is 21.4. The molecule has 0 fully saturated rings. The van der Waals surface area contributed by atoms with Crippen LogP contribution in [0.15, 0.2) is 97.1 Å². The molecule has 2 heterocycles. The lowest BCUT2D eigenvalue weighted by Crippen LogP contribution is -2.36. The van der Waals surface area contributed by atoms with Gasteiger partial charge in [0.1, 0.15) is 6.54 Å². The minimum atomic E-state index is -4.54. The molecule has 1 aliphatic heterocycles. The lowest BCUT2D eigenvalue weighted by atomic mass is 9.93. The summed E-state index contributed by atoms with van der Waals surface area (Å²) in [5.74, 6) is -0.915. The number of nitrogens with zero attached hydrogens (tertiary/aromatic N) is 1. The van der Waals surface area contributed by atoms with Gasteiger partial charge in [0, 0.05) is 27.7 Å². The molecule has 1 aromatic heterocycles. The standard InChI is InChI=1S/C32H24F3N3O2/c1-19-13-15-20(16-14-19)29-28(25-11-4-5-12-26(25)37-29)30-23-9-2-3-10-24(23)31(40)38(30)18-27(39)36-22-8-6-7-21(17-22)32(33,34)35/h2-17,30,37H,18H2,1H3,(H,36,39). The molecule has 2 amide bonds. The SMILES string of the molecule is Cc1ccc(-c2[nH]c3ccccc3c2C2c3ccccc3C(=O)N2CC(=O)Nc2cccc(C(F)(F)F)c2)cc1. The summed E-state index contributed by atoms with van der Waals surface area (Å²) in [7, 11) is 0. The van der Waals surface area contributed by atoms with Gasteiger partial charge in [-0.15, -0.1) is 0 Å². The van der Waals surface area contributed by atoms with E-state index in [1.54, 1.807) is 12.1 Å². The number of aryl methyl sites for hydroxylation is 1. The molecule has 6 rings (SSSR count).